The number of thiazole rings is 1. The highest BCUT2D eigenvalue weighted by Crippen LogP contribution is 2.20. The highest BCUT2D eigenvalue weighted by atomic mass is 32.1. The van der Waals surface area contributed by atoms with Crippen molar-refractivity contribution in [1.29, 1.82) is 0 Å². The van der Waals surface area contributed by atoms with Crippen LogP contribution in [-0.2, 0) is 0 Å². The van der Waals surface area contributed by atoms with Gasteiger partial charge in [-0.1, -0.05) is 66.0 Å². The van der Waals surface area contributed by atoms with E-state index in [1.807, 2.05) is 67.6 Å². The second kappa shape index (κ2) is 7.17. The van der Waals surface area contributed by atoms with Gasteiger partial charge in [0.25, 0.3) is 5.56 Å². The maximum atomic E-state index is 12.6. The minimum absolute atomic E-state index is 0.160. The first-order valence-electron chi connectivity index (χ1n) is 8.44. The number of methoxy groups -OCH3 is 1. The second-order valence-corrected chi connectivity index (χ2v) is 6.99. The number of hydrogen-bond donors (Lipinski definition) is 0. The fourth-order valence-corrected chi connectivity index (χ4v) is 3.69. The van der Waals surface area contributed by atoms with Crippen LogP contribution in [0.3, 0.4) is 0 Å². The van der Waals surface area contributed by atoms with Gasteiger partial charge in [0.15, 0.2) is 5.82 Å². The Hall–Kier alpha value is -3.25. The first-order valence-corrected chi connectivity index (χ1v) is 9.26. The van der Waals surface area contributed by atoms with Gasteiger partial charge in [0.1, 0.15) is 5.75 Å². The Morgan fingerprint density at radius 2 is 1.89 bits per heavy atom. The average Bonchev–Trinajstić information content (AvgIpc) is 3.22. The van der Waals surface area contributed by atoms with Crippen LogP contribution in [-0.4, -0.2) is 21.7 Å². The molecule has 0 fully saturated rings. The number of para-hydroxylation sites is 1. The molecule has 0 N–H and O–H groups in total. The van der Waals surface area contributed by atoms with Crippen LogP contribution in [0.5, 0.6) is 5.75 Å². The summed E-state index contributed by atoms with van der Waals surface area (Å²) in [5.41, 5.74) is 2.81. The number of benzene rings is 2. The van der Waals surface area contributed by atoms with Gasteiger partial charge in [-0.3, -0.25) is 4.79 Å². The van der Waals surface area contributed by atoms with Crippen molar-refractivity contribution >= 4 is 28.4 Å². The summed E-state index contributed by atoms with van der Waals surface area (Å²) in [6.45, 7) is 2.00. The molecule has 4 rings (SSSR count). The molecule has 27 heavy (non-hydrogen) atoms. The van der Waals surface area contributed by atoms with Crippen LogP contribution in [0, 0.1) is 6.92 Å². The van der Waals surface area contributed by atoms with E-state index in [2.05, 4.69) is 10.1 Å². The van der Waals surface area contributed by atoms with Gasteiger partial charge >= 0.3 is 0 Å². The summed E-state index contributed by atoms with van der Waals surface area (Å²) in [5.74, 6) is 1.36. The quantitative estimate of drug-likeness (QED) is 0.549. The minimum Gasteiger partial charge on any atom is -0.496 e. The third kappa shape index (κ3) is 3.27. The molecule has 2 aromatic carbocycles. The minimum atomic E-state index is -0.160. The van der Waals surface area contributed by atoms with Crippen LogP contribution in [0.2, 0.25) is 0 Å². The lowest BCUT2D eigenvalue weighted by Gasteiger charge is -2.02. The molecule has 0 saturated heterocycles. The molecule has 0 saturated carbocycles. The summed E-state index contributed by atoms with van der Waals surface area (Å²) in [7, 11) is 1.64. The molecule has 0 aliphatic carbocycles. The standard InChI is InChI=1S/C21H17N3O2S/c1-14-8-3-5-11-16(14)19-22-21-24(23-19)20(25)18(27-21)13-7-10-15-9-4-6-12-17(15)26-2/h3-13H,1-2H3. The molecule has 4 aromatic rings. The summed E-state index contributed by atoms with van der Waals surface area (Å²) in [6, 6.07) is 15.6. The smallest absolute Gasteiger partial charge is 0.291 e. The van der Waals surface area contributed by atoms with Crippen LogP contribution in [0.4, 0.5) is 0 Å². The number of nitrogens with zero attached hydrogens (tertiary/aromatic N) is 3. The molecule has 0 atom stereocenters. The molecular formula is C21H17N3O2S. The summed E-state index contributed by atoms with van der Waals surface area (Å²) in [6.07, 6.45) is 5.53. The summed E-state index contributed by atoms with van der Waals surface area (Å²) in [4.78, 5) is 17.7. The van der Waals surface area contributed by atoms with Gasteiger partial charge in [0.05, 0.1) is 11.6 Å². The van der Waals surface area contributed by atoms with Gasteiger partial charge < -0.3 is 4.74 Å². The second-order valence-electron chi connectivity index (χ2n) is 5.98. The van der Waals surface area contributed by atoms with E-state index in [0.717, 1.165) is 22.4 Å². The predicted octanol–water partition coefficient (Wildman–Crippen LogP) is 3.35. The summed E-state index contributed by atoms with van der Waals surface area (Å²) in [5, 5.41) is 4.40. The van der Waals surface area contributed by atoms with Crippen LogP contribution in [0.15, 0.2) is 59.4 Å². The highest BCUT2D eigenvalue weighted by molar-refractivity contribution is 7.15. The fourth-order valence-electron chi connectivity index (χ4n) is 2.83. The van der Waals surface area contributed by atoms with Crippen LogP contribution in [0.1, 0.15) is 11.1 Å². The molecule has 0 radical (unpaired) electrons. The Labute approximate surface area is 159 Å². The molecule has 0 spiro atoms. The number of aryl methyl sites for hydroxylation is 1. The zero-order valence-electron chi connectivity index (χ0n) is 14.9. The first kappa shape index (κ1) is 17.2. The van der Waals surface area contributed by atoms with Gasteiger partial charge in [-0.2, -0.15) is 9.50 Å². The average molecular weight is 375 g/mol. The molecule has 5 nitrogen and oxygen atoms in total. The topological polar surface area (TPSA) is 56.5 Å². The molecule has 0 bridgehead atoms. The zero-order valence-corrected chi connectivity index (χ0v) is 15.7. The lowest BCUT2D eigenvalue weighted by molar-refractivity contribution is 0.414. The summed E-state index contributed by atoms with van der Waals surface area (Å²) >= 11 is 1.33. The predicted molar refractivity (Wildman–Crippen MR) is 109 cm³/mol. The van der Waals surface area contributed by atoms with Crippen molar-refractivity contribution in [2.75, 3.05) is 7.11 Å². The van der Waals surface area contributed by atoms with E-state index in [-0.39, 0.29) is 5.56 Å². The molecular weight excluding hydrogens is 358 g/mol. The molecule has 0 amide bonds. The van der Waals surface area contributed by atoms with Crippen LogP contribution < -0.4 is 14.8 Å². The van der Waals surface area contributed by atoms with Crippen molar-refractivity contribution in [3.05, 3.63) is 80.6 Å². The third-order valence-electron chi connectivity index (χ3n) is 4.23. The number of hydrogen-bond acceptors (Lipinski definition) is 5. The van der Waals surface area contributed by atoms with E-state index < -0.39 is 0 Å². The van der Waals surface area contributed by atoms with Crippen LogP contribution in [0.25, 0.3) is 28.5 Å². The number of fused-ring (bicyclic) bond motifs is 1. The van der Waals surface area contributed by atoms with Crippen molar-refractivity contribution in [2.24, 2.45) is 0 Å². The van der Waals surface area contributed by atoms with Gasteiger partial charge in [0, 0.05) is 11.1 Å². The van der Waals surface area contributed by atoms with Crippen molar-refractivity contribution < 1.29 is 4.74 Å². The highest BCUT2D eigenvalue weighted by Gasteiger charge is 2.12. The number of rotatable bonds is 4. The van der Waals surface area contributed by atoms with E-state index in [1.165, 1.54) is 15.9 Å². The Morgan fingerprint density at radius 3 is 2.67 bits per heavy atom. The molecule has 2 heterocycles. The number of allylic oxidation sites excluding steroid dienone is 1. The Balaban J connectivity index is 1.70. The molecule has 0 aliphatic rings. The maximum Gasteiger partial charge on any atom is 0.291 e. The monoisotopic (exact) mass is 375 g/mol. The first-order chi connectivity index (χ1) is 13.2. The van der Waals surface area contributed by atoms with E-state index >= 15 is 0 Å². The van der Waals surface area contributed by atoms with Crippen molar-refractivity contribution in [3.63, 3.8) is 0 Å². The SMILES string of the molecule is COc1ccccc1C=CC=c1sc2nc(-c3ccccc3C)nn2c1=O. The molecule has 0 aliphatic heterocycles. The maximum absolute atomic E-state index is 12.6. The number of aromatic nitrogens is 3. The zero-order chi connectivity index (χ0) is 18.8. The van der Waals surface area contributed by atoms with Crippen LogP contribution >= 0.6 is 11.3 Å². The van der Waals surface area contributed by atoms with Gasteiger partial charge in [-0.05, 0) is 24.6 Å². The van der Waals surface area contributed by atoms with Gasteiger partial charge in [0.2, 0.25) is 4.96 Å². The van der Waals surface area contributed by atoms with Crippen molar-refractivity contribution in [1.82, 2.24) is 14.6 Å². The normalized spacial score (nSPS) is 12.3. The molecule has 0 unspecified atom stereocenters. The van der Waals surface area contributed by atoms with Gasteiger partial charge in [-0.15, -0.1) is 5.10 Å². The van der Waals surface area contributed by atoms with E-state index in [9.17, 15) is 4.79 Å². The van der Waals surface area contributed by atoms with E-state index in [1.54, 1.807) is 13.2 Å². The largest absolute Gasteiger partial charge is 0.496 e. The molecule has 2 aromatic heterocycles. The summed E-state index contributed by atoms with van der Waals surface area (Å²) < 4.78 is 7.28. The molecule has 134 valence electrons. The van der Waals surface area contributed by atoms with Crippen molar-refractivity contribution in [3.8, 4) is 17.1 Å². The lowest BCUT2D eigenvalue weighted by atomic mass is 10.1. The third-order valence-corrected chi connectivity index (χ3v) is 5.21. The van der Waals surface area contributed by atoms with Gasteiger partial charge in [-0.25, -0.2) is 0 Å². The Morgan fingerprint density at radius 1 is 1.11 bits per heavy atom. The Bertz CT molecular complexity index is 1250. The van der Waals surface area contributed by atoms with E-state index in [4.69, 9.17) is 4.74 Å². The lowest BCUT2D eigenvalue weighted by Crippen LogP contribution is -2.23. The van der Waals surface area contributed by atoms with Crippen molar-refractivity contribution in [2.45, 2.75) is 6.92 Å². The molecule has 6 heteroatoms. The number of ether oxygens (including phenoxy) is 1. The van der Waals surface area contributed by atoms with E-state index in [0.29, 0.717) is 15.3 Å². The fraction of sp³-hybridized carbons (Fsp3) is 0.0952. The Kier molecular flexibility index (Phi) is 4.56.